The fourth-order valence-electron chi connectivity index (χ4n) is 3.56. The topological polar surface area (TPSA) is 97.0 Å². The van der Waals surface area contributed by atoms with Crippen LogP contribution in [0.25, 0.3) is 0 Å². The molecular weight excluding hydrogens is 445 g/mol. The van der Waals surface area contributed by atoms with Gasteiger partial charge in [-0.1, -0.05) is 23.2 Å². The van der Waals surface area contributed by atoms with Crippen molar-refractivity contribution >= 4 is 40.9 Å². The second-order valence-electron chi connectivity index (χ2n) is 7.08. The van der Waals surface area contributed by atoms with E-state index in [-0.39, 0.29) is 16.5 Å². The molecule has 0 spiro atoms. The summed E-state index contributed by atoms with van der Waals surface area (Å²) in [4.78, 5) is 39.5. The number of hydrogen-bond acceptors (Lipinski definition) is 5. The molecule has 2 aliphatic rings. The van der Waals surface area contributed by atoms with E-state index in [4.69, 9.17) is 32.7 Å². The van der Waals surface area contributed by atoms with Gasteiger partial charge in [0.05, 0.1) is 10.6 Å². The van der Waals surface area contributed by atoms with E-state index in [9.17, 15) is 14.4 Å². The van der Waals surface area contributed by atoms with Crippen LogP contribution >= 0.6 is 23.2 Å². The lowest BCUT2D eigenvalue weighted by atomic mass is 10.1. The third-order valence-corrected chi connectivity index (χ3v) is 5.64. The molecule has 1 saturated heterocycles. The quantitative estimate of drug-likeness (QED) is 0.682. The summed E-state index contributed by atoms with van der Waals surface area (Å²) in [5, 5.41) is 0.631. The Morgan fingerprint density at radius 3 is 2.55 bits per heavy atom. The van der Waals surface area contributed by atoms with E-state index in [1.54, 1.807) is 24.3 Å². The summed E-state index contributed by atoms with van der Waals surface area (Å²) in [5.41, 5.74) is 5.32. The van der Waals surface area contributed by atoms with Gasteiger partial charge < -0.3 is 14.4 Å². The van der Waals surface area contributed by atoms with Crippen LogP contribution in [0.5, 0.6) is 11.5 Å². The van der Waals surface area contributed by atoms with Crippen molar-refractivity contribution in [3.63, 3.8) is 0 Å². The Morgan fingerprint density at radius 2 is 1.74 bits per heavy atom. The van der Waals surface area contributed by atoms with Crippen LogP contribution in [0.2, 0.25) is 10.0 Å². The summed E-state index contributed by atoms with van der Waals surface area (Å²) in [6.07, 6.45) is 1.12. The highest BCUT2D eigenvalue weighted by Crippen LogP contribution is 2.30. The molecule has 10 heteroatoms. The highest BCUT2D eigenvalue weighted by atomic mass is 35.5. The van der Waals surface area contributed by atoms with Crippen LogP contribution in [0.1, 0.15) is 33.6 Å². The number of carbonyl (C=O) groups excluding carboxylic acids is 3. The van der Waals surface area contributed by atoms with Crippen molar-refractivity contribution in [1.82, 2.24) is 15.8 Å². The second kappa shape index (κ2) is 9.03. The lowest BCUT2D eigenvalue weighted by Gasteiger charge is -2.24. The predicted octanol–water partition coefficient (Wildman–Crippen LogP) is 2.83. The zero-order valence-corrected chi connectivity index (χ0v) is 17.8. The Balaban J connectivity index is 1.40. The monoisotopic (exact) mass is 463 g/mol. The normalized spacial score (nSPS) is 17.2. The van der Waals surface area contributed by atoms with Crippen molar-refractivity contribution in [2.75, 3.05) is 19.8 Å². The number of nitrogens with one attached hydrogen (secondary N) is 2. The van der Waals surface area contributed by atoms with Crippen LogP contribution in [0, 0.1) is 0 Å². The lowest BCUT2D eigenvalue weighted by Crippen LogP contribution is -2.51. The fraction of sp³-hybridized carbons (Fsp3) is 0.286. The average molecular weight is 464 g/mol. The molecule has 0 saturated carbocycles. The lowest BCUT2D eigenvalue weighted by molar-refractivity contribution is -0.125. The largest absolute Gasteiger partial charge is 0.486 e. The number of carbonyl (C=O) groups is 3. The van der Waals surface area contributed by atoms with Gasteiger partial charge in [0.15, 0.2) is 11.5 Å². The first-order valence-corrected chi connectivity index (χ1v) is 10.5. The smallest absolute Gasteiger partial charge is 0.269 e. The average Bonchev–Trinajstić information content (AvgIpc) is 3.28. The zero-order chi connectivity index (χ0) is 22.0. The van der Waals surface area contributed by atoms with Gasteiger partial charge >= 0.3 is 0 Å². The predicted molar refractivity (Wildman–Crippen MR) is 114 cm³/mol. The van der Waals surface area contributed by atoms with Gasteiger partial charge in [-0.25, -0.2) is 0 Å². The summed E-state index contributed by atoms with van der Waals surface area (Å²) in [6, 6.07) is 8.62. The first-order valence-electron chi connectivity index (χ1n) is 9.70. The highest BCUT2D eigenvalue weighted by Gasteiger charge is 2.35. The summed E-state index contributed by atoms with van der Waals surface area (Å²) in [5.74, 6) is -0.361. The maximum atomic E-state index is 12.9. The van der Waals surface area contributed by atoms with E-state index in [0.717, 1.165) is 0 Å². The van der Waals surface area contributed by atoms with Crippen molar-refractivity contribution in [3.05, 3.63) is 57.6 Å². The van der Waals surface area contributed by atoms with Gasteiger partial charge in [-0.2, -0.15) is 0 Å². The third kappa shape index (κ3) is 4.55. The third-order valence-electron chi connectivity index (χ3n) is 5.08. The molecule has 0 radical (unpaired) electrons. The molecular formula is C21H19Cl2N3O5. The Hall–Kier alpha value is -2.97. The van der Waals surface area contributed by atoms with Crippen molar-refractivity contribution < 1.29 is 23.9 Å². The fourth-order valence-corrected chi connectivity index (χ4v) is 3.93. The van der Waals surface area contributed by atoms with Crippen molar-refractivity contribution in [2.24, 2.45) is 0 Å². The number of nitrogens with zero attached hydrogens (tertiary/aromatic N) is 1. The van der Waals surface area contributed by atoms with Crippen LogP contribution < -0.4 is 20.3 Å². The number of amides is 3. The molecule has 1 atom stereocenters. The van der Waals surface area contributed by atoms with Gasteiger partial charge in [-0.3, -0.25) is 25.2 Å². The summed E-state index contributed by atoms with van der Waals surface area (Å²) in [7, 11) is 0. The summed E-state index contributed by atoms with van der Waals surface area (Å²) < 4.78 is 10.9. The first kappa shape index (κ1) is 21.3. The Morgan fingerprint density at radius 1 is 0.968 bits per heavy atom. The Kier molecular flexibility index (Phi) is 6.20. The Labute approximate surface area is 188 Å². The van der Waals surface area contributed by atoms with Crippen LogP contribution in [0.3, 0.4) is 0 Å². The molecule has 162 valence electrons. The van der Waals surface area contributed by atoms with Gasteiger partial charge in [0.25, 0.3) is 17.7 Å². The van der Waals surface area contributed by atoms with Crippen molar-refractivity contribution in [1.29, 1.82) is 0 Å². The van der Waals surface area contributed by atoms with E-state index < -0.39 is 17.9 Å². The second-order valence-corrected chi connectivity index (χ2v) is 7.93. The van der Waals surface area contributed by atoms with E-state index in [1.807, 2.05) is 0 Å². The van der Waals surface area contributed by atoms with Gasteiger partial charge in [0, 0.05) is 17.1 Å². The van der Waals surface area contributed by atoms with Crippen molar-refractivity contribution in [3.8, 4) is 11.5 Å². The molecule has 8 nitrogen and oxygen atoms in total. The molecule has 0 aromatic heterocycles. The van der Waals surface area contributed by atoms with E-state index >= 15 is 0 Å². The first-order chi connectivity index (χ1) is 14.9. The number of fused-ring (bicyclic) bond motifs is 1. The molecule has 2 aromatic carbocycles. The molecule has 2 heterocycles. The molecule has 3 amide bonds. The number of benzene rings is 2. The number of halogens is 2. The zero-order valence-electron chi connectivity index (χ0n) is 16.3. The maximum absolute atomic E-state index is 12.9. The molecule has 1 fully saturated rings. The van der Waals surface area contributed by atoms with Crippen molar-refractivity contribution in [2.45, 2.75) is 18.9 Å². The molecule has 2 aromatic rings. The number of hydrazine groups is 1. The molecule has 2 aliphatic heterocycles. The van der Waals surface area contributed by atoms with Gasteiger partial charge in [0.1, 0.15) is 19.3 Å². The summed E-state index contributed by atoms with van der Waals surface area (Å²) in [6.45, 7) is 1.25. The van der Waals surface area contributed by atoms with E-state index in [0.29, 0.717) is 54.7 Å². The van der Waals surface area contributed by atoms with Crippen LogP contribution in [0.4, 0.5) is 0 Å². The van der Waals surface area contributed by atoms with Gasteiger partial charge in [-0.05, 0) is 49.2 Å². The minimum absolute atomic E-state index is 0.231. The van der Waals surface area contributed by atoms with E-state index in [1.165, 1.54) is 17.0 Å². The number of ether oxygens (including phenoxy) is 2. The summed E-state index contributed by atoms with van der Waals surface area (Å²) >= 11 is 12.1. The molecule has 2 N–H and O–H groups in total. The number of rotatable bonds is 3. The SMILES string of the molecule is O=C(NNC(=O)C1CCCN1C(=O)c1cc(Cl)ccc1Cl)c1ccc2c(c1)OCCO2. The Bertz CT molecular complexity index is 1050. The molecule has 1 unspecified atom stereocenters. The molecule has 31 heavy (non-hydrogen) atoms. The molecule has 4 rings (SSSR count). The number of likely N-dealkylation sites (tertiary alicyclic amines) is 1. The van der Waals surface area contributed by atoms with Crippen LogP contribution in [-0.2, 0) is 4.79 Å². The van der Waals surface area contributed by atoms with Crippen LogP contribution in [-0.4, -0.2) is 48.4 Å². The maximum Gasteiger partial charge on any atom is 0.269 e. The molecule has 0 bridgehead atoms. The van der Waals surface area contributed by atoms with Gasteiger partial charge in [0.2, 0.25) is 0 Å². The van der Waals surface area contributed by atoms with Crippen LogP contribution in [0.15, 0.2) is 36.4 Å². The van der Waals surface area contributed by atoms with Gasteiger partial charge in [-0.15, -0.1) is 0 Å². The highest BCUT2D eigenvalue weighted by molar-refractivity contribution is 6.35. The number of hydrogen-bond donors (Lipinski definition) is 2. The molecule has 0 aliphatic carbocycles. The standard InChI is InChI=1S/C21H19Cl2N3O5/c22-13-4-5-15(23)14(11-13)21(29)26-7-1-2-16(26)20(28)25-24-19(27)12-3-6-17-18(10-12)31-9-8-30-17/h3-6,10-11,16H,1-2,7-9H2,(H,24,27)(H,25,28). The van der Waals surface area contributed by atoms with E-state index in [2.05, 4.69) is 10.9 Å². The minimum atomic E-state index is -0.733. The minimum Gasteiger partial charge on any atom is -0.486 e.